The Bertz CT molecular complexity index is 1080. The van der Waals surface area contributed by atoms with E-state index in [2.05, 4.69) is 27.2 Å². The normalized spacial score (nSPS) is 9.93. The molecule has 4 aromatic rings. The fourth-order valence-corrected chi connectivity index (χ4v) is 2.67. The molecule has 0 amide bonds. The lowest BCUT2D eigenvalue weighted by atomic mass is 10.2. The van der Waals surface area contributed by atoms with Crippen LogP contribution in [0, 0.1) is 0 Å². The molecule has 1 aromatic heterocycles. The summed E-state index contributed by atoms with van der Waals surface area (Å²) < 4.78 is 9.97. The molecule has 30 heavy (non-hydrogen) atoms. The lowest BCUT2D eigenvalue weighted by molar-refractivity contribution is -0.137. The molecule has 4 rings (SSSR count). The minimum atomic E-state index is -0.245. The Morgan fingerprint density at radius 3 is 2.17 bits per heavy atom. The molecule has 0 atom stereocenters. The Kier molecular flexibility index (Phi) is 7.39. The van der Waals surface area contributed by atoms with Crippen molar-refractivity contribution in [2.75, 3.05) is 12.4 Å². The fourth-order valence-electron chi connectivity index (χ4n) is 2.67. The predicted octanol–water partition coefficient (Wildman–Crippen LogP) is 5.74. The topological polar surface area (TPSA) is 60.5 Å². The number of esters is 1. The molecular formula is C25H24N2O3. The zero-order valence-corrected chi connectivity index (χ0v) is 17.0. The number of para-hydroxylation sites is 2. The number of hydrogen-bond acceptors (Lipinski definition) is 5. The third kappa shape index (κ3) is 6.34. The zero-order valence-electron chi connectivity index (χ0n) is 17.0. The first kappa shape index (κ1) is 20.9. The molecule has 0 aliphatic heterocycles. The van der Waals surface area contributed by atoms with Crippen LogP contribution in [0.3, 0.4) is 0 Å². The van der Waals surface area contributed by atoms with Crippen molar-refractivity contribution in [3.05, 3.63) is 96.7 Å². The third-order valence-electron chi connectivity index (χ3n) is 4.25. The van der Waals surface area contributed by atoms with E-state index >= 15 is 0 Å². The van der Waals surface area contributed by atoms with Gasteiger partial charge in [-0.15, -0.1) is 0 Å². The van der Waals surface area contributed by atoms with Crippen molar-refractivity contribution in [1.29, 1.82) is 0 Å². The molecule has 0 bridgehead atoms. The number of nitrogens with one attached hydrogen (secondary N) is 1. The number of methoxy groups -OCH3 is 1. The molecule has 0 aliphatic rings. The molecule has 0 radical (unpaired) electrons. The van der Waals surface area contributed by atoms with Gasteiger partial charge < -0.3 is 14.8 Å². The quantitative estimate of drug-likeness (QED) is 0.433. The maximum Gasteiger partial charge on any atom is 0.302 e. The van der Waals surface area contributed by atoms with Crippen LogP contribution in [0.25, 0.3) is 10.9 Å². The minimum Gasteiger partial charge on any atom is -0.487 e. The average molecular weight is 400 g/mol. The Balaban J connectivity index is 0.000000461. The molecule has 0 aliphatic carbocycles. The molecule has 152 valence electrons. The van der Waals surface area contributed by atoms with Crippen molar-refractivity contribution >= 4 is 28.2 Å². The lowest BCUT2D eigenvalue weighted by Gasteiger charge is -2.09. The van der Waals surface area contributed by atoms with Crippen molar-refractivity contribution in [3.8, 4) is 5.75 Å². The molecule has 1 heterocycles. The van der Waals surface area contributed by atoms with Crippen LogP contribution in [-0.2, 0) is 16.1 Å². The Labute approximate surface area is 176 Å². The van der Waals surface area contributed by atoms with Gasteiger partial charge in [-0.05, 0) is 48.5 Å². The number of hydrogen-bond donors (Lipinski definition) is 1. The van der Waals surface area contributed by atoms with Gasteiger partial charge in [0.15, 0.2) is 0 Å². The van der Waals surface area contributed by atoms with Crippen molar-refractivity contribution in [1.82, 2.24) is 4.98 Å². The van der Waals surface area contributed by atoms with Gasteiger partial charge in [0, 0.05) is 23.7 Å². The maximum absolute atomic E-state index is 9.59. The Morgan fingerprint density at radius 2 is 1.47 bits per heavy atom. The highest BCUT2D eigenvalue weighted by Gasteiger charge is 2.01. The third-order valence-corrected chi connectivity index (χ3v) is 4.25. The van der Waals surface area contributed by atoms with E-state index in [1.54, 1.807) is 0 Å². The van der Waals surface area contributed by atoms with Gasteiger partial charge in [-0.2, -0.15) is 0 Å². The summed E-state index contributed by atoms with van der Waals surface area (Å²) in [5.41, 5.74) is 4.01. The molecule has 0 saturated heterocycles. The number of rotatable bonds is 5. The van der Waals surface area contributed by atoms with Gasteiger partial charge in [-0.1, -0.05) is 42.5 Å². The SMILES string of the molecule is COC(C)=O.c1ccc(Nc2ccc(OCc3ccc4ccccc4n3)cc2)cc1. The minimum absolute atomic E-state index is 0.245. The summed E-state index contributed by atoms with van der Waals surface area (Å²) in [4.78, 5) is 14.2. The van der Waals surface area contributed by atoms with Crippen LogP contribution in [0.15, 0.2) is 91.0 Å². The number of carbonyl (C=O) groups is 1. The first-order valence-corrected chi connectivity index (χ1v) is 9.58. The summed E-state index contributed by atoms with van der Waals surface area (Å²) in [6, 6.07) is 30.2. The highest BCUT2D eigenvalue weighted by molar-refractivity contribution is 5.78. The second kappa shape index (κ2) is 10.6. The van der Waals surface area contributed by atoms with Crippen LogP contribution in [0.4, 0.5) is 11.4 Å². The van der Waals surface area contributed by atoms with Crippen LogP contribution in [0.5, 0.6) is 5.75 Å². The molecule has 5 nitrogen and oxygen atoms in total. The van der Waals surface area contributed by atoms with E-state index in [1.807, 2.05) is 78.9 Å². The number of benzene rings is 3. The molecule has 0 spiro atoms. The number of ether oxygens (including phenoxy) is 2. The zero-order chi connectivity index (χ0) is 21.2. The van der Waals surface area contributed by atoms with Gasteiger partial charge >= 0.3 is 5.97 Å². The summed E-state index contributed by atoms with van der Waals surface area (Å²) in [5.74, 6) is 0.582. The van der Waals surface area contributed by atoms with Crippen LogP contribution in [-0.4, -0.2) is 18.1 Å². The number of nitrogens with zero attached hydrogens (tertiary/aromatic N) is 1. The van der Waals surface area contributed by atoms with Crippen LogP contribution in [0.2, 0.25) is 0 Å². The second-order valence-electron chi connectivity index (χ2n) is 6.50. The number of aromatic nitrogens is 1. The fraction of sp³-hybridized carbons (Fsp3) is 0.120. The summed E-state index contributed by atoms with van der Waals surface area (Å²) >= 11 is 0. The largest absolute Gasteiger partial charge is 0.487 e. The molecule has 1 N–H and O–H groups in total. The van der Waals surface area contributed by atoms with Gasteiger partial charge in [-0.25, -0.2) is 4.98 Å². The first-order valence-electron chi connectivity index (χ1n) is 9.58. The lowest BCUT2D eigenvalue weighted by Crippen LogP contribution is -1.98. The van der Waals surface area contributed by atoms with Crippen molar-refractivity contribution in [2.45, 2.75) is 13.5 Å². The first-order chi connectivity index (χ1) is 14.6. The number of pyridine rings is 1. The molecule has 0 fully saturated rings. The summed E-state index contributed by atoms with van der Waals surface area (Å²) in [5, 5.41) is 4.50. The highest BCUT2D eigenvalue weighted by atomic mass is 16.5. The highest BCUT2D eigenvalue weighted by Crippen LogP contribution is 2.21. The van der Waals surface area contributed by atoms with Gasteiger partial charge in [0.1, 0.15) is 12.4 Å². The van der Waals surface area contributed by atoms with Crippen LogP contribution < -0.4 is 10.1 Å². The van der Waals surface area contributed by atoms with Crippen LogP contribution >= 0.6 is 0 Å². The monoisotopic (exact) mass is 400 g/mol. The summed E-state index contributed by atoms with van der Waals surface area (Å²) in [6.07, 6.45) is 0. The predicted molar refractivity (Wildman–Crippen MR) is 120 cm³/mol. The van der Waals surface area contributed by atoms with Crippen molar-refractivity contribution in [3.63, 3.8) is 0 Å². The van der Waals surface area contributed by atoms with E-state index < -0.39 is 0 Å². The standard InChI is InChI=1S/C22H18N2O.C3H6O2/c1-2-7-18(8-3-1)23-19-12-14-21(15-13-19)25-16-20-11-10-17-6-4-5-9-22(17)24-20;1-3(4)5-2/h1-15,23H,16H2;1-2H3. The van der Waals surface area contributed by atoms with Crippen molar-refractivity contribution in [2.24, 2.45) is 0 Å². The van der Waals surface area contributed by atoms with E-state index in [4.69, 9.17) is 4.74 Å². The van der Waals surface area contributed by atoms with E-state index in [0.29, 0.717) is 6.61 Å². The van der Waals surface area contributed by atoms with E-state index in [1.165, 1.54) is 14.0 Å². The van der Waals surface area contributed by atoms with Gasteiger partial charge in [0.2, 0.25) is 0 Å². The van der Waals surface area contributed by atoms with Gasteiger partial charge in [-0.3, -0.25) is 4.79 Å². The number of fused-ring (bicyclic) bond motifs is 1. The molecular weight excluding hydrogens is 376 g/mol. The average Bonchev–Trinajstić information content (AvgIpc) is 2.79. The van der Waals surface area contributed by atoms with E-state index in [-0.39, 0.29) is 5.97 Å². The second-order valence-corrected chi connectivity index (χ2v) is 6.50. The molecule has 0 saturated carbocycles. The maximum atomic E-state index is 9.59. The Hall–Kier alpha value is -3.86. The van der Waals surface area contributed by atoms with Gasteiger partial charge in [0.25, 0.3) is 0 Å². The smallest absolute Gasteiger partial charge is 0.302 e. The molecule has 5 heteroatoms. The molecule has 0 unspecified atom stereocenters. The Morgan fingerprint density at radius 1 is 0.833 bits per heavy atom. The number of carbonyl (C=O) groups excluding carboxylic acids is 1. The molecule has 3 aromatic carbocycles. The van der Waals surface area contributed by atoms with Crippen molar-refractivity contribution < 1.29 is 14.3 Å². The van der Waals surface area contributed by atoms with Gasteiger partial charge in [0.05, 0.1) is 18.3 Å². The number of anilines is 2. The van der Waals surface area contributed by atoms with Crippen LogP contribution in [0.1, 0.15) is 12.6 Å². The van der Waals surface area contributed by atoms with E-state index in [0.717, 1.165) is 33.7 Å². The summed E-state index contributed by atoms with van der Waals surface area (Å²) in [6.45, 7) is 1.82. The summed E-state index contributed by atoms with van der Waals surface area (Å²) in [7, 11) is 1.35. The van der Waals surface area contributed by atoms with E-state index in [9.17, 15) is 4.79 Å².